The molecule has 0 unspecified atom stereocenters. The van der Waals surface area contributed by atoms with E-state index in [4.69, 9.17) is 9.47 Å². The van der Waals surface area contributed by atoms with Crippen molar-refractivity contribution in [1.82, 2.24) is 14.4 Å². The zero-order chi connectivity index (χ0) is 25.4. The minimum absolute atomic E-state index is 0.0200. The fraction of sp³-hybridized carbons (Fsp3) is 0.357. The predicted molar refractivity (Wildman–Crippen MR) is 136 cm³/mol. The van der Waals surface area contributed by atoms with Crippen LogP contribution in [0, 0.1) is 5.92 Å². The summed E-state index contributed by atoms with van der Waals surface area (Å²) in [7, 11) is 5.05. The molecule has 3 aromatic rings. The Morgan fingerprint density at radius 3 is 2.09 bits per heavy atom. The van der Waals surface area contributed by atoms with Crippen molar-refractivity contribution < 1.29 is 19.1 Å². The molecule has 2 amide bonds. The second-order valence-electron chi connectivity index (χ2n) is 9.03. The Balaban J connectivity index is 1.87. The van der Waals surface area contributed by atoms with Gasteiger partial charge in [0.2, 0.25) is 5.91 Å². The topological polar surface area (TPSA) is 64.0 Å². The number of amides is 2. The van der Waals surface area contributed by atoms with E-state index in [9.17, 15) is 9.59 Å². The minimum atomic E-state index is -0.234. The summed E-state index contributed by atoms with van der Waals surface area (Å²) in [6.45, 7) is 5.40. The molecule has 0 saturated carbocycles. The molecule has 1 aromatic heterocycles. The second kappa shape index (κ2) is 12.1. The number of rotatable bonds is 11. The van der Waals surface area contributed by atoms with Gasteiger partial charge in [0.05, 0.1) is 20.8 Å². The Morgan fingerprint density at radius 2 is 1.54 bits per heavy atom. The van der Waals surface area contributed by atoms with Gasteiger partial charge in [0, 0.05) is 43.7 Å². The second-order valence-corrected chi connectivity index (χ2v) is 9.03. The first-order valence-corrected chi connectivity index (χ1v) is 11.7. The molecule has 0 aliphatic rings. The van der Waals surface area contributed by atoms with E-state index in [-0.39, 0.29) is 24.3 Å². The van der Waals surface area contributed by atoms with E-state index in [2.05, 4.69) is 0 Å². The molecule has 0 bridgehead atoms. The molecule has 3 rings (SSSR count). The quantitative estimate of drug-likeness (QED) is 0.411. The number of hydrogen-bond acceptors (Lipinski definition) is 4. The van der Waals surface area contributed by atoms with Crippen LogP contribution in [0.4, 0.5) is 0 Å². The number of hydrogen-bond donors (Lipinski definition) is 0. The largest absolute Gasteiger partial charge is 0.497 e. The average Bonchev–Trinajstić information content (AvgIpc) is 3.26. The fourth-order valence-electron chi connectivity index (χ4n) is 3.93. The highest BCUT2D eigenvalue weighted by molar-refractivity contribution is 5.97. The van der Waals surface area contributed by atoms with E-state index in [0.717, 1.165) is 11.3 Å². The third-order valence-electron chi connectivity index (χ3n) is 5.77. The van der Waals surface area contributed by atoms with Crippen LogP contribution in [-0.4, -0.2) is 53.5 Å². The Labute approximate surface area is 207 Å². The Bertz CT molecular complexity index is 1100. The predicted octanol–water partition coefficient (Wildman–Crippen LogP) is 4.37. The maximum Gasteiger partial charge on any atom is 0.254 e. The maximum absolute atomic E-state index is 13.6. The van der Waals surface area contributed by atoms with Crippen LogP contribution >= 0.6 is 0 Å². The molecule has 0 radical (unpaired) electrons. The van der Waals surface area contributed by atoms with Crippen LogP contribution in [0.15, 0.2) is 66.9 Å². The van der Waals surface area contributed by atoms with Crippen LogP contribution < -0.4 is 9.47 Å². The molecule has 0 aliphatic carbocycles. The summed E-state index contributed by atoms with van der Waals surface area (Å²) < 4.78 is 12.7. The van der Waals surface area contributed by atoms with Gasteiger partial charge in [-0.05, 0) is 35.7 Å². The monoisotopic (exact) mass is 477 g/mol. The minimum Gasteiger partial charge on any atom is -0.497 e. The van der Waals surface area contributed by atoms with E-state index >= 15 is 0 Å². The SMILES string of the molecule is COc1cc(OC)cc(C(=O)N(CC(=O)N(Cc2ccccc2)Cc2cccn2C)CC(C)C)c1. The number of benzene rings is 2. The van der Waals surface area contributed by atoms with Crippen molar-refractivity contribution in [3.05, 3.63) is 83.7 Å². The lowest BCUT2D eigenvalue weighted by Gasteiger charge is -2.29. The zero-order valence-electron chi connectivity index (χ0n) is 21.2. The van der Waals surface area contributed by atoms with Crippen LogP contribution in [0.1, 0.15) is 35.5 Å². The normalized spacial score (nSPS) is 10.8. The molecule has 35 heavy (non-hydrogen) atoms. The van der Waals surface area contributed by atoms with Gasteiger partial charge in [-0.25, -0.2) is 0 Å². The molecular weight excluding hydrogens is 442 g/mol. The molecule has 2 aromatic carbocycles. The highest BCUT2D eigenvalue weighted by Crippen LogP contribution is 2.24. The molecule has 0 spiro atoms. The lowest BCUT2D eigenvalue weighted by atomic mass is 10.1. The summed E-state index contributed by atoms with van der Waals surface area (Å²) in [5, 5.41) is 0. The first-order chi connectivity index (χ1) is 16.8. The number of aromatic nitrogens is 1. The van der Waals surface area contributed by atoms with Gasteiger partial charge in [-0.15, -0.1) is 0 Å². The number of methoxy groups -OCH3 is 2. The lowest BCUT2D eigenvalue weighted by Crippen LogP contribution is -2.44. The van der Waals surface area contributed by atoms with Gasteiger partial charge in [0.1, 0.15) is 18.0 Å². The number of nitrogens with zero attached hydrogens (tertiary/aromatic N) is 3. The van der Waals surface area contributed by atoms with Crippen molar-refractivity contribution in [2.24, 2.45) is 13.0 Å². The van der Waals surface area contributed by atoms with Crippen molar-refractivity contribution in [3.8, 4) is 11.5 Å². The molecular formula is C28H35N3O4. The zero-order valence-corrected chi connectivity index (χ0v) is 21.2. The molecule has 0 aliphatic heterocycles. The molecule has 0 N–H and O–H groups in total. The first-order valence-electron chi connectivity index (χ1n) is 11.7. The summed E-state index contributed by atoms with van der Waals surface area (Å²) >= 11 is 0. The molecule has 1 heterocycles. The van der Waals surface area contributed by atoms with E-state index in [1.165, 1.54) is 0 Å². The lowest BCUT2D eigenvalue weighted by molar-refractivity contribution is -0.133. The molecule has 7 heteroatoms. The van der Waals surface area contributed by atoms with Crippen LogP contribution in [0.5, 0.6) is 11.5 Å². The van der Waals surface area contributed by atoms with Crippen molar-refractivity contribution in [3.63, 3.8) is 0 Å². The van der Waals surface area contributed by atoms with Gasteiger partial charge in [0.15, 0.2) is 0 Å². The van der Waals surface area contributed by atoms with Gasteiger partial charge in [0.25, 0.3) is 5.91 Å². The molecule has 0 fully saturated rings. The van der Waals surface area contributed by atoms with Crippen LogP contribution in [0.25, 0.3) is 0 Å². The van der Waals surface area contributed by atoms with E-state index in [1.54, 1.807) is 42.2 Å². The molecule has 186 valence electrons. The summed E-state index contributed by atoms with van der Waals surface area (Å²) in [5.74, 6) is 0.896. The summed E-state index contributed by atoms with van der Waals surface area (Å²) in [6.07, 6.45) is 1.96. The fourth-order valence-corrected chi connectivity index (χ4v) is 3.93. The van der Waals surface area contributed by atoms with Gasteiger partial charge in [-0.3, -0.25) is 9.59 Å². The highest BCUT2D eigenvalue weighted by atomic mass is 16.5. The summed E-state index contributed by atoms with van der Waals surface area (Å²) in [5.41, 5.74) is 2.48. The Hall–Kier alpha value is -3.74. The third-order valence-corrected chi connectivity index (χ3v) is 5.77. The van der Waals surface area contributed by atoms with Crippen LogP contribution in [0.3, 0.4) is 0 Å². The Kier molecular flexibility index (Phi) is 8.95. The maximum atomic E-state index is 13.6. The number of carbonyl (C=O) groups is 2. The summed E-state index contributed by atoms with van der Waals surface area (Å²) in [6, 6.07) is 18.9. The molecule has 0 saturated heterocycles. The van der Waals surface area contributed by atoms with Gasteiger partial charge in [-0.2, -0.15) is 0 Å². The van der Waals surface area contributed by atoms with E-state index in [1.807, 2.05) is 74.1 Å². The van der Waals surface area contributed by atoms with E-state index in [0.29, 0.717) is 36.7 Å². The Morgan fingerprint density at radius 1 is 0.886 bits per heavy atom. The number of aryl methyl sites for hydroxylation is 1. The number of carbonyl (C=O) groups excluding carboxylic acids is 2. The first kappa shape index (κ1) is 25.9. The van der Waals surface area contributed by atoms with Crippen molar-refractivity contribution in [2.45, 2.75) is 26.9 Å². The van der Waals surface area contributed by atoms with Crippen molar-refractivity contribution >= 4 is 11.8 Å². The number of ether oxygens (including phenoxy) is 2. The van der Waals surface area contributed by atoms with Gasteiger partial charge in [-0.1, -0.05) is 44.2 Å². The average molecular weight is 478 g/mol. The summed E-state index contributed by atoms with van der Waals surface area (Å²) in [4.78, 5) is 30.6. The smallest absolute Gasteiger partial charge is 0.254 e. The van der Waals surface area contributed by atoms with Crippen molar-refractivity contribution in [2.75, 3.05) is 27.3 Å². The van der Waals surface area contributed by atoms with Crippen LogP contribution in [-0.2, 0) is 24.9 Å². The van der Waals surface area contributed by atoms with Crippen LogP contribution in [0.2, 0.25) is 0 Å². The molecule has 7 nitrogen and oxygen atoms in total. The van der Waals surface area contributed by atoms with Gasteiger partial charge < -0.3 is 23.8 Å². The van der Waals surface area contributed by atoms with Crippen molar-refractivity contribution in [1.29, 1.82) is 0 Å². The third kappa shape index (κ3) is 7.12. The molecule has 0 atom stereocenters. The standard InChI is InChI=1S/C28H35N3O4/c1-21(2)17-31(28(33)23-14-25(34-4)16-26(15-23)35-5)20-27(32)30(18-22-10-7-6-8-11-22)19-24-12-9-13-29(24)3/h6-16,21H,17-20H2,1-5H3. The van der Waals surface area contributed by atoms with Gasteiger partial charge >= 0.3 is 0 Å². The highest BCUT2D eigenvalue weighted by Gasteiger charge is 2.25. The van der Waals surface area contributed by atoms with E-state index < -0.39 is 0 Å².